The Hall–Kier alpha value is -3.22. The number of aromatic carboxylic acids is 1. The molecule has 0 saturated heterocycles. The minimum atomic E-state index is -1.16. The number of pyridine rings is 1. The average molecular weight is 353 g/mol. The van der Waals surface area contributed by atoms with Crippen LogP contribution < -0.4 is 5.32 Å². The highest BCUT2D eigenvalue weighted by atomic mass is 16.4. The van der Waals surface area contributed by atoms with E-state index in [2.05, 4.69) is 10.3 Å². The van der Waals surface area contributed by atoms with Crippen LogP contribution in [0.25, 0.3) is 0 Å². The quantitative estimate of drug-likeness (QED) is 0.878. The van der Waals surface area contributed by atoms with Gasteiger partial charge in [0.2, 0.25) is 11.8 Å². The van der Waals surface area contributed by atoms with E-state index in [1.165, 1.54) is 25.3 Å². The van der Waals surface area contributed by atoms with Gasteiger partial charge >= 0.3 is 5.97 Å². The SMILES string of the molecule is CC(=O)N1CCc2ccccc2C1CC(=O)Nc1ccnc(C(=O)O)c1. The number of benzene rings is 1. The number of hydrogen-bond donors (Lipinski definition) is 2. The number of carbonyl (C=O) groups is 3. The van der Waals surface area contributed by atoms with Crippen LogP contribution >= 0.6 is 0 Å². The van der Waals surface area contributed by atoms with Crippen molar-refractivity contribution in [3.63, 3.8) is 0 Å². The van der Waals surface area contributed by atoms with Crippen molar-refractivity contribution in [3.8, 4) is 0 Å². The Labute approximate surface area is 150 Å². The molecule has 7 heteroatoms. The summed E-state index contributed by atoms with van der Waals surface area (Å²) in [5.74, 6) is -1.53. The lowest BCUT2D eigenvalue weighted by Crippen LogP contribution is -2.40. The topological polar surface area (TPSA) is 99.6 Å². The number of nitrogens with zero attached hydrogens (tertiary/aromatic N) is 2. The summed E-state index contributed by atoms with van der Waals surface area (Å²) in [6, 6.07) is 10.3. The maximum Gasteiger partial charge on any atom is 0.354 e. The average Bonchev–Trinajstić information content (AvgIpc) is 2.61. The summed E-state index contributed by atoms with van der Waals surface area (Å²) in [5.41, 5.74) is 2.34. The molecule has 1 unspecified atom stereocenters. The van der Waals surface area contributed by atoms with Gasteiger partial charge in [-0.25, -0.2) is 9.78 Å². The van der Waals surface area contributed by atoms with Gasteiger partial charge in [0.15, 0.2) is 0 Å². The first kappa shape index (κ1) is 17.6. The number of fused-ring (bicyclic) bond motifs is 1. The van der Waals surface area contributed by atoms with Crippen LogP contribution in [0.2, 0.25) is 0 Å². The van der Waals surface area contributed by atoms with Gasteiger partial charge in [0.05, 0.1) is 12.5 Å². The van der Waals surface area contributed by atoms with E-state index in [9.17, 15) is 14.4 Å². The first-order chi connectivity index (χ1) is 12.5. The fourth-order valence-corrected chi connectivity index (χ4v) is 3.26. The molecule has 134 valence electrons. The van der Waals surface area contributed by atoms with Crippen molar-refractivity contribution in [2.24, 2.45) is 0 Å². The minimum absolute atomic E-state index is 0.0747. The number of carboxylic acid groups (broad SMARTS) is 1. The molecule has 3 rings (SSSR count). The zero-order chi connectivity index (χ0) is 18.7. The van der Waals surface area contributed by atoms with Crippen molar-refractivity contribution in [1.82, 2.24) is 9.88 Å². The molecule has 2 heterocycles. The zero-order valence-corrected chi connectivity index (χ0v) is 14.3. The second-order valence-electron chi connectivity index (χ2n) is 6.16. The van der Waals surface area contributed by atoms with Gasteiger partial charge in [-0.3, -0.25) is 9.59 Å². The van der Waals surface area contributed by atoms with Crippen molar-refractivity contribution < 1.29 is 19.5 Å². The smallest absolute Gasteiger partial charge is 0.354 e. The molecule has 0 aliphatic carbocycles. The zero-order valence-electron chi connectivity index (χ0n) is 14.3. The maximum atomic E-state index is 12.5. The highest BCUT2D eigenvalue weighted by Crippen LogP contribution is 2.32. The fourth-order valence-electron chi connectivity index (χ4n) is 3.26. The van der Waals surface area contributed by atoms with Gasteiger partial charge in [0.1, 0.15) is 5.69 Å². The fraction of sp³-hybridized carbons (Fsp3) is 0.263. The Bertz CT molecular complexity index is 865. The van der Waals surface area contributed by atoms with Gasteiger partial charge in [-0.2, -0.15) is 0 Å². The van der Waals surface area contributed by atoms with Gasteiger partial charge in [-0.1, -0.05) is 24.3 Å². The molecule has 0 spiro atoms. The molecule has 1 aromatic heterocycles. The molecule has 1 aliphatic rings. The molecule has 1 aromatic carbocycles. The molecule has 2 aromatic rings. The van der Waals surface area contributed by atoms with E-state index in [0.29, 0.717) is 12.2 Å². The van der Waals surface area contributed by atoms with Crippen LogP contribution in [0, 0.1) is 0 Å². The summed E-state index contributed by atoms with van der Waals surface area (Å²) in [4.78, 5) is 40.9. The number of carboxylic acids is 1. The highest BCUT2D eigenvalue weighted by Gasteiger charge is 2.30. The van der Waals surface area contributed by atoms with Crippen molar-refractivity contribution in [1.29, 1.82) is 0 Å². The van der Waals surface area contributed by atoms with E-state index in [-0.39, 0.29) is 30.0 Å². The number of rotatable bonds is 4. The third-order valence-corrected chi connectivity index (χ3v) is 4.46. The summed E-state index contributed by atoms with van der Waals surface area (Å²) in [7, 11) is 0. The minimum Gasteiger partial charge on any atom is -0.477 e. The predicted molar refractivity (Wildman–Crippen MR) is 94.7 cm³/mol. The Balaban J connectivity index is 1.79. The van der Waals surface area contributed by atoms with Gasteiger partial charge in [-0.15, -0.1) is 0 Å². The van der Waals surface area contributed by atoms with Crippen LogP contribution in [0.15, 0.2) is 42.6 Å². The van der Waals surface area contributed by atoms with Gasteiger partial charge in [0, 0.05) is 25.4 Å². The lowest BCUT2D eigenvalue weighted by atomic mass is 9.90. The van der Waals surface area contributed by atoms with E-state index in [4.69, 9.17) is 5.11 Å². The third-order valence-electron chi connectivity index (χ3n) is 4.46. The number of nitrogens with one attached hydrogen (secondary N) is 1. The highest BCUT2D eigenvalue weighted by molar-refractivity contribution is 5.93. The molecule has 0 fully saturated rings. The van der Waals surface area contributed by atoms with Gasteiger partial charge in [0.25, 0.3) is 0 Å². The van der Waals surface area contributed by atoms with Crippen molar-refractivity contribution >= 4 is 23.5 Å². The molecule has 7 nitrogen and oxygen atoms in total. The molecule has 1 aliphatic heterocycles. The summed E-state index contributed by atoms with van der Waals surface area (Å²) in [6.45, 7) is 2.07. The normalized spacial score (nSPS) is 15.9. The first-order valence-corrected chi connectivity index (χ1v) is 8.30. The standard InChI is InChI=1S/C19H19N3O4/c1-12(23)22-9-7-13-4-2-3-5-15(13)17(22)11-18(24)21-14-6-8-20-16(10-14)19(25)26/h2-6,8,10,17H,7,9,11H2,1H3,(H,25,26)(H,20,21,24). The molecule has 1 atom stereocenters. The van der Waals surface area contributed by atoms with E-state index in [0.717, 1.165) is 17.5 Å². The number of hydrogen-bond acceptors (Lipinski definition) is 4. The Morgan fingerprint density at radius 2 is 2.04 bits per heavy atom. The second-order valence-corrected chi connectivity index (χ2v) is 6.16. The van der Waals surface area contributed by atoms with Crippen molar-refractivity contribution in [2.45, 2.75) is 25.8 Å². The summed E-state index contributed by atoms with van der Waals surface area (Å²) < 4.78 is 0. The number of aromatic nitrogens is 1. The van der Waals surface area contributed by atoms with Crippen LogP contribution in [0.4, 0.5) is 5.69 Å². The number of anilines is 1. The Morgan fingerprint density at radius 1 is 1.27 bits per heavy atom. The Morgan fingerprint density at radius 3 is 2.77 bits per heavy atom. The second kappa shape index (κ2) is 7.35. The van der Waals surface area contributed by atoms with E-state index < -0.39 is 5.97 Å². The lowest BCUT2D eigenvalue weighted by Gasteiger charge is -2.36. The first-order valence-electron chi connectivity index (χ1n) is 8.30. The molecule has 0 bridgehead atoms. The number of carbonyl (C=O) groups excluding carboxylic acids is 2. The van der Waals surface area contributed by atoms with Crippen LogP contribution in [0.3, 0.4) is 0 Å². The van der Waals surface area contributed by atoms with Crippen molar-refractivity contribution in [3.05, 3.63) is 59.4 Å². The molecule has 0 saturated carbocycles. The van der Waals surface area contributed by atoms with Crippen LogP contribution in [-0.4, -0.2) is 39.3 Å². The van der Waals surface area contributed by atoms with E-state index in [1.54, 1.807) is 4.90 Å². The predicted octanol–water partition coefficient (Wildman–Crippen LogP) is 2.25. The van der Waals surface area contributed by atoms with Crippen LogP contribution in [0.5, 0.6) is 0 Å². The maximum absolute atomic E-state index is 12.5. The lowest BCUT2D eigenvalue weighted by molar-refractivity contribution is -0.132. The van der Waals surface area contributed by atoms with Crippen LogP contribution in [-0.2, 0) is 16.0 Å². The van der Waals surface area contributed by atoms with E-state index in [1.807, 2.05) is 24.3 Å². The van der Waals surface area contributed by atoms with Crippen LogP contribution in [0.1, 0.15) is 41.0 Å². The molecule has 26 heavy (non-hydrogen) atoms. The molecular weight excluding hydrogens is 334 g/mol. The molecule has 2 N–H and O–H groups in total. The van der Waals surface area contributed by atoms with Crippen molar-refractivity contribution in [2.75, 3.05) is 11.9 Å². The summed E-state index contributed by atoms with van der Waals surface area (Å²) >= 11 is 0. The summed E-state index contributed by atoms with van der Waals surface area (Å²) in [5, 5.41) is 11.7. The largest absolute Gasteiger partial charge is 0.477 e. The third kappa shape index (κ3) is 3.72. The molecule has 0 radical (unpaired) electrons. The number of amides is 2. The molecule has 2 amide bonds. The van der Waals surface area contributed by atoms with Gasteiger partial charge in [-0.05, 0) is 29.7 Å². The van der Waals surface area contributed by atoms with Gasteiger partial charge < -0.3 is 15.3 Å². The molecular formula is C19H19N3O4. The summed E-state index contributed by atoms with van der Waals surface area (Å²) in [6.07, 6.45) is 2.19. The van der Waals surface area contributed by atoms with E-state index >= 15 is 0 Å². The Kier molecular flexibility index (Phi) is 4.97. The monoisotopic (exact) mass is 353 g/mol.